The fourth-order valence-corrected chi connectivity index (χ4v) is 2.47. The first kappa shape index (κ1) is 37.3. The van der Waals surface area contributed by atoms with Gasteiger partial charge < -0.3 is 29.2 Å². The molecule has 3 heterocycles. The Morgan fingerprint density at radius 2 is 1.05 bits per heavy atom. The van der Waals surface area contributed by atoms with E-state index in [1.807, 2.05) is 13.8 Å². The number of alkyl halides is 6. The van der Waals surface area contributed by atoms with Gasteiger partial charge in [-0.1, -0.05) is 13.8 Å². The van der Waals surface area contributed by atoms with E-state index in [1.165, 1.54) is 43.8 Å². The van der Waals surface area contributed by atoms with Gasteiger partial charge in [0, 0.05) is 32.8 Å². The van der Waals surface area contributed by atoms with E-state index in [9.17, 15) is 26.3 Å². The van der Waals surface area contributed by atoms with Gasteiger partial charge in [-0.2, -0.15) is 26.3 Å². The summed E-state index contributed by atoms with van der Waals surface area (Å²) in [5.74, 6) is 0.230. The van der Waals surface area contributed by atoms with Crippen molar-refractivity contribution in [2.75, 3.05) is 27.4 Å². The smallest absolute Gasteiger partial charge is 0.422 e. The highest BCUT2D eigenvalue weighted by molar-refractivity contribution is 5.27. The van der Waals surface area contributed by atoms with E-state index < -0.39 is 32.2 Å². The Kier molecular flexibility index (Phi) is 18.4. The molecule has 3 aromatic rings. The molecule has 0 fully saturated rings. The number of rotatable bonds is 9. The van der Waals surface area contributed by atoms with Crippen LogP contribution in [-0.4, -0.2) is 65.0 Å². The maximum atomic E-state index is 11.9. The number of hydrogen-bond acceptors (Lipinski definition) is 9. The van der Waals surface area contributed by atoms with Crippen molar-refractivity contribution in [2.24, 2.45) is 0 Å². The van der Waals surface area contributed by atoms with Crippen molar-refractivity contribution >= 4 is 0 Å². The van der Waals surface area contributed by atoms with Gasteiger partial charge in [0.25, 0.3) is 0 Å². The molecule has 0 aliphatic heterocycles. The quantitative estimate of drug-likeness (QED) is 0.302. The summed E-state index contributed by atoms with van der Waals surface area (Å²) in [6.45, 7) is 1.32. The minimum atomic E-state index is -4.39. The predicted molar refractivity (Wildman–Crippen MR) is 136 cm³/mol. The molecule has 0 spiro atoms. The van der Waals surface area contributed by atoms with Crippen molar-refractivity contribution < 1.29 is 55.5 Å². The lowest BCUT2D eigenvalue weighted by molar-refractivity contribution is -0.154. The monoisotopic (exact) mass is 597 g/mol. The number of aromatic hydroxyl groups is 1. The first-order chi connectivity index (χ1) is 19.4. The summed E-state index contributed by atoms with van der Waals surface area (Å²) < 4.78 is 89.5. The van der Waals surface area contributed by atoms with Gasteiger partial charge in [0.05, 0.1) is 19.8 Å². The van der Waals surface area contributed by atoms with Gasteiger partial charge in [-0.25, -0.2) is 0 Å². The van der Waals surface area contributed by atoms with Crippen LogP contribution < -0.4 is 9.47 Å². The first-order valence-corrected chi connectivity index (χ1v) is 11.9. The average molecular weight is 598 g/mol. The summed E-state index contributed by atoms with van der Waals surface area (Å²) >= 11 is 0. The van der Waals surface area contributed by atoms with Crippen molar-refractivity contribution in [1.82, 2.24) is 15.0 Å². The highest BCUT2D eigenvalue weighted by Gasteiger charge is 2.29. The highest BCUT2D eigenvalue weighted by Crippen LogP contribution is 2.22. The summed E-state index contributed by atoms with van der Waals surface area (Å²) in [5, 5.41) is 17.8. The van der Waals surface area contributed by atoms with Gasteiger partial charge in [0.2, 0.25) is 0 Å². The molecule has 0 saturated heterocycles. The number of halogens is 6. The van der Waals surface area contributed by atoms with E-state index in [0.717, 1.165) is 0 Å². The van der Waals surface area contributed by atoms with Crippen LogP contribution in [-0.2, 0) is 29.3 Å². The molecule has 0 radical (unpaired) electrons. The molecule has 2 N–H and O–H groups in total. The second-order valence-electron chi connectivity index (χ2n) is 7.20. The van der Waals surface area contributed by atoms with Crippen molar-refractivity contribution in [3.05, 3.63) is 72.1 Å². The number of aromatic nitrogens is 3. The zero-order valence-electron chi connectivity index (χ0n) is 22.9. The number of nitrogens with zero attached hydrogens (tertiary/aromatic N) is 3. The van der Waals surface area contributed by atoms with Crippen LogP contribution in [0.4, 0.5) is 26.3 Å². The first-order valence-electron chi connectivity index (χ1n) is 11.9. The number of aliphatic hydroxyl groups excluding tert-OH is 1. The van der Waals surface area contributed by atoms with Crippen molar-refractivity contribution in [1.29, 1.82) is 0 Å². The molecular weight excluding hydrogens is 564 g/mol. The number of ether oxygens (including phenoxy) is 4. The Labute approximate surface area is 233 Å². The van der Waals surface area contributed by atoms with Crippen molar-refractivity contribution in [3.63, 3.8) is 0 Å². The summed E-state index contributed by atoms with van der Waals surface area (Å²) in [5.41, 5.74) is 1.02. The number of pyridine rings is 3. The van der Waals surface area contributed by atoms with Crippen LogP contribution in [0.1, 0.15) is 30.9 Å². The van der Waals surface area contributed by atoms with Crippen LogP contribution in [0.2, 0.25) is 0 Å². The molecule has 0 atom stereocenters. The van der Waals surface area contributed by atoms with Crippen molar-refractivity contribution in [2.45, 2.75) is 46.0 Å². The van der Waals surface area contributed by atoms with Gasteiger partial charge in [-0.3, -0.25) is 15.0 Å². The Morgan fingerprint density at radius 3 is 1.46 bits per heavy atom. The van der Waals surface area contributed by atoms with Crippen molar-refractivity contribution in [3.8, 4) is 17.2 Å². The van der Waals surface area contributed by atoms with E-state index in [1.54, 1.807) is 25.4 Å². The van der Waals surface area contributed by atoms with Crippen LogP contribution in [0, 0.1) is 0 Å². The molecule has 15 heteroatoms. The minimum Gasteiger partial charge on any atom is -0.506 e. The number of aliphatic hydroxyl groups is 1. The molecule has 0 aliphatic carbocycles. The SMILES string of the molecule is CC.COCc1ncccc1O.COCc1ncccc1OCC(F)(F)F.OCc1ncccc1OCC(F)(F)F. The van der Waals surface area contributed by atoms with E-state index >= 15 is 0 Å². The molecule has 3 rings (SSSR count). The molecule has 0 amide bonds. The standard InChI is InChI=1S/C9H10F3NO2.C8H8F3NO2.C7H9NO2.C2H6/c1-14-5-7-8(3-2-4-13-7)15-6-9(10,11)12;9-8(10,11)5-14-7-2-1-3-12-6(7)4-13;1-10-5-6-7(9)3-2-4-8-6;1-2/h2-4H,5-6H2,1H3;1-3,13H,4-5H2;2-4,9H,5H2,1H3;1-2H3. The zero-order chi connectivity index (χ0) is 31.3. The van der Waals surface area contributed by atoms with E-state index in [2.05, 4.69) is 24.4 Å². The Bertz CT molecular complexity index is 1100. The third-order valence-electron chi connectivity index (χ3n) is 4.06. The summed E-state index contributed by atoms with van der Waals surface area (Å²) in [7, 11) is 3.00. The molecule has 3 aromatic heterocycles. The number of hydrogen-bond donors (Lipinski definition) is 2. The van der Waals surface area contributed by atoms with Crippen LogP contribution in [0.5, 0.6) is 17.2 Å². The Hall–Kier alpha value is -3.69. The van der Waals surface area contributed by atoms with E-state index in [-0.39, 0.29) is 29.5 Å². The maximum absolute atomic E-state index is 11.9. The van der Waals surface area contributed by atoms with Crippen LogP contribution in [0.25, 0.3) is 0 Å². The molecule has 41 heavy (non-hydrogen) atoms. The minimum absolute atomic E-state index is 0.0488. The second-order valence-corrected chi connectivity index (χ2v) is 7.20. The van der Waals surface area contributed by atoms with Gasteiger partial charge in [0.1, 0.15) is 34.3 Å². The Morgan fingerprint density at radius 1 is 0.659 bits per heavy atom. The topological polar surface area (TPSA) is 116 Å². The molecule has 230 valence electrons. The lowest BCUT2D eigenvalue weighted by Crippen LogP contribution is -2.20. The summed E-state index contributed by atoms with van der Waals surface area (Å²) in [4.78, 5) is 11.4. The van der Waals surface area contributed by atoms with Gasteiger partial charge in [0.15, 0.2) is 13.2 Å². The van der Waals surface area contributed by atoms with Crippen LogP contribution >= 0.6 is 0 Å². The molecule has 0 unspecified atom stereocenters. The van der Waals surface area contributed by atoms with Gasteiger partial charge >= 0.3 is 12.4 Å². The fraction of sp³-hybridized carbons (Fsp3) is 0.423. The van der Waals surface area contributed by atoms with Crippen LogP contribution in [0.3, 0.4) is 0 Å². The second kappa shape index (κ2) is 20.2. The largest absolute Gasteiger partial charge is 0.506 e. The van der Waals surface area contributed by atoms with Gasteiger partial charge in [-0.15, -0.1) is 0 Å². The normalized spacial score (nSPS) is 10.6. The zero-order valence-corrected chi connectivity index (χ0v) is 22.9. The molecule has 9 nitrogen and oxygen atoms in total. The molecule has 0 bridgehead atoms. The molecule has 0 aromatic carbocycles. The van der Waals surface area contributed by atoms with Crippen LogP contribution in [0.15, 0.2) is 55.0 Å². The lowest BCUT2D eigenvalue weighted by atomic mass is 10.3. The van der Waals surface area contributed by atoms with Gasteiger partial charge in [-0.05, 0) is 36.4 Å². The van der Waals surface area contributed by atoms with E-state index in [0.29, 0.717) is 18.0 Å². The maximum Gasteiger partial charge on any atom is 0.422 e. The summed E-state index contributed by atoms with van der Waals surface area (Å²) in [6, 6.07) is 8.95. The fourth-order valence-electron chi connectivity index (χ4n) is 2.47. The third-order valence-corrected chi connectivity index (χ3v) is 4.06. The highest BCUT2D eigenvalue weighted by atomic mass is 19.4. The predicted octanol–water partition coefficient (Wildman–Crippen LogP) is 5.64. The van der Waals surface area contributed by atoms with E-state index in [4.69, 9.17) is 19.7 Å². The summed E-state index contributed by atoms with van der Waals surface area (Å²) in [6.07, 6.45) is -4.28. The lowest BCUT2D eigenvalue weighted by Gasteiger charge is -2.11. The number of methoxy groups -OCH3 is 2. The molecule has 0 aliphatic rings. The third kappa shape index (κ3) is 17.6. The Balaban J connectivity index is 0.000000577. The molecule has 0 saturated carbocycles. The average Bonchev–Trinajstić information content (AvgIpc) is 2.94. The molecular formula is C26H33F6N3O6.